The van der Waals surface area contributed by atoms with Crippen LogP contribution in [0.3, 0.4) is 0 Å². The summed E-state index contributed by atoms with van der Waals surface area (Å²) in [6.45, 7) is 4.70. The van der Waals surface area contributed by atoms with Gasteiger partial charge in [0.1, 0.15) is 6.04 Å². The van der Waals surface area contributed by atoms with Gasteiger partial charge in [0, 0.05) is 18.8 Å². The van der Waals surface area contributed by atoms with Crippen LogP contribution in [0.15, 0.2) is 0 Å². The Labute approximate surface area is 123 Å². The van der Waals surface area contributed by atoms with Gasteiger partial charge < -0.3 is 15.1 Å². The van der Waals surface area contributed by atoms with Gasteiger partial charge in [-0.05, 0) is 33.1 Å². The lowest BCUT2D eigenvalue weighted by molar-refractivity contribution is -0.141. The number of carboxylic acid groups (broad SMARTS) is 1. The molecule has 3 unspecified atom stereocenters. The standard InChI is InChI=1S/C13H22N2O4S/c1-9-15(10(8-20-9)11(16)17)12(18)14-6-3-4-13(2,19)5-7-14/h9-10,19H,3-8H2,1-2H3,(H,16,17). The van der Waals surface area contributed by atoms with Gasteiger partial charge in [0.25, 0.3) is 0 Å². The quantitative estimate of drug-likeness (QED) is 0.760. The van der Waals surface area contributed by atoms with Crippen LogP contribution in [0, 0.1) is 0 Å². The van der Waals surface area contributed by atoms with E-state index in [1.54, 1.807) is 11.8 Å². The Hall–Kier alpha value is -0.950. The highest BCUT2D eigenvalue weighted by Gasteiger charge is 2.41. The molecule has 0 radical (unpaired) electrons. The summed E-state index contributed by atoms with van der Waals surface area (Å²) in [4.78, 5) is 27.0. The zero-order chi connectivity index (χ0) is 14.9. The van der Waals surface area contributed by atoms with Crippen LogP contribution in [0.5, 0.6) is 0 Å². The normalized spacial score (nSPS) is 35.0. The fourth-order valence-electron chi connectivity index (χ4n) is 2.74. The molecule has 6 nitrogen and oxygen atoms in total. The van der Waals surface area contributed by atoms with Crippen molar-refractivity contribution in [2.45, 2.75) is 50.1 Å². The molecule has 2 saturated heterocycles. The second-order valence-corrected chi connectivity index (χ2v) is 7.16. The van der Waals surface area contributed by atoms with Crippen molar-refractivity contribution in [3.63, 3.8) is 0 Å². The highest BCUT2D eigenvalue weighted by molar-refractivity contribution is 8.00. The maximum atomic E-state index is 12.6. The van der Waals surface area contributed by atoms with Crippen LogP contribution in [0.2, 0.25) is 0 Å². The monoisotopic (exact) mass is 302 g/mol. The topological polar surface area (TPSA) is 81.1 Å². The molecule has 2 fully saturated rings. The number of carboxylic acids is 1. The van der Waals surface area contributed by atoms with Crippen LogP contribution in [0.25, 0.3) is 0 Å². The van der Waals surface area contributed by atoms with Gasteiger partial charge in [-0.15, -0.1) is 11.8 Å². The van der Waals surface area contributed by atoms with Crippen LogP contribution < -0.4 is 0 Å². The first-order chi connectivity index (χ1) is 9.32. The molecule has 0 saturated carbocycles. The minimum absolute atomic E-state index is 0.118. The van der Waals surface area contributed by atoms with E-state index in [2.05, 4.69) is 0 Å². The van der Waals surface area contributed by atoms with E-state index in [0.29, 0.717) is 31.7 Å². The number of likely N-dealkylation sites (tertiary alicyclic amines) is 1. The number of hydrogen-bond acceptors (Lipinski definition) is 4. The van der Waals surface area contributed by atoms with Gasteiger partial charge in [-0.2, -0.15) is 0 Å². The number of urea groups is 1. The van der Waals surface area contributed by atoms with Gasteiger partial charge >= 0.3 is 12.0 Å². The molecule has 2 rings (SSSR count). The van der Waals surface area contributed by atoms with Crippen molar-refractivity contribution in [3.05, 3.63) is 0 Å². The van der Waals surface area contributed by atoms with Crippen molar-refractivity contribution in [1.29, 1.82) is 0 Å². The lowest BCUT2D eigenvalue weighted by Gasteiger charge is -2.32. The van der Waals surface area contributed by atoms with Crippen LogP contribution in [0.1, 0.15) is 33.1 Å². The highest BCUT2D eigenvalue weighted by Crippen LogP contribution is 2.31. The van der Waals surface area contributed by atoms with Crippen LogP contribution in [0.4, 0.5) is 4.79 Å². The van der Waals surface area contributed by atoms with E-state index in [4.69, 9.17) is 0 Å². The first-order valence-corrected chi connectivity index (χ1v) is 8.01. The number of nitrogens with zero attached hydrogens (tertiary/aromatic N) is 2. The van der Waals surface area contributed by atoms with E-state index >= 15 is 0 Å². The molecule has 2 amide bonds. The smallest absolute Gasteiger partial charge is 0.327 e. The number of thioether (sulfide) groups is 1. The predicted molar refractivity (Wildman–Crippen MR) is 76.6 cm³/mol. The SMILES string of the molecule is CC1SCC(C(=O)O)N1C(=O)N1CCCC(C)(O)CC1. The lowest BCUT2D eigenvalue weighted by Crippen LogP contribution is -2.51. The van der Waals surface area contributed by atoms with Gasteiger partial charge in [0.2, 0.25) is 0 Å². The third kappa shape index (κ3) is 3.20. The number of carbonyl (C=O) groups excluding carboxylic acids is 1. The van der Waals surface area contributed by atoms with E-state index in [1.165, 1.54) is 16.7 Å². The first kappa shape index (κ1) is 15.4. The molecule has 0 aromatic heterocycles. The fourth-order valence-corrected chi connectivity index (χ4v) is 3.90. The summed E-state index contributed by atoms with van der Waals surface area (Å²) in [6, 6.07) is -0.959. The Bertz CT molecular complexity index is 402. The molecule has 0 bridgehead atoms. The summed E-state index contributed by atoms with van der Waals surface area (Å²) < 4.78 is 0. The van der Waals surface area contributed by atoms with Crippen LogP contribution in [-0.4, -0.2) is 67.9 Å². The number of carbonyl (C=O) groups is 2. The van der Waals surface area contributed by atoms with Gasteiger partial charge in [-0.25, -0.2) is 9.59 Å². The molecule has 0 spiro atoms. The molecule has 114 valence electrons. The summed E-state index contributed by atoms with van der Waals surface area (Å²) in [6.07, 6.45) is 1.95. The molecular weight excluding hydrogens is 280 g/mol. The van der Waals surface area contributed by atoms with Gasteiger partial charge in [-0.1, -0.05) is 0 Å². The predicted octanol–water partition coefficient (Wildman–Crippen LogP) is 1.19. The molecule has 2 heterocycles. The summed E-state index contributed by atoms with van der Waals surface area (Å²) in [7, 11) is 0. The minimum Gasteiger partial charge on any atom is -0.480 e. The van der Waals surface area contributed by atoms with Gasteiger partial charge in [0.15, 0.2) is 0 Å². The average molecular weight is 302 g/mol. The van der Waals surface area contributed by atoms with E-state index < -0.39 is 17.6 Å². The van der Waals surface area contributed by atoms with Gasteiger partial charge in [-0.3, -0.25) is 4.90 Å². The minimum atomic E-state index is -0.947. The number of aliphatic hydroxyl groups is 1. The zero-order valence-electron chi connectivity index (χ0n) is 11.9. The number of aliphatic carboxylic acids is 1. The van der Waals surface area contributed by atoms with Crippen molar-refractivity contribution in [1.82, 2.24) is 9.80 Å². The molecule has 0 aromatic carbocycles. The van der Waals surface area contributed by atoms with Crippen LogP contribution >= 0.6 is 11.8 Å². The first-order valence-electron chi connectivity index (χ1n) is 6.96. The summed E-state index contributed by atoms with van der Waals surface area (Å²) in [5.74, 6) is -0.509. The van der Waals surface area contributed by atoms with Crippen LogP contribution in [-0.2, 0) is 4.79 Å². The molecular formula is C13H22N2O4S. The molecule has 2 aliphatic rings. The van der Waals surface area contributed by atoms with E-state index in [9.17, 15) is 19.8 Å². The van der Waals surface area contributed by atoms with E-state index in [0.717, 1.165) is 6.42 Å². The molecule has 3 atom stereocenters. The largest absolute Gasteiger partial charge is 0.480 e. The molecule has 0 aromatic rings. The Morgan fingerprint density at radius 3 is 2.65 bits per heavy atom. The second kappa shape index (κ2) is 5.81. The Morgan fingerprint density at radius 1 is 1.30 bits per heavy atom. The Morgan fingerprint density at radius 2 is 2.00 bits per heavy atom. The molecule has 0 aliphatic carbocycles. The number of hydrogen-bond donors (Lipinski definition) is 2. The Kier molecular flexibility index (Phi) is 4.49. The zero-order valence-corrected chi connectivity index (χ0v) is 12.7. The average Bonchev–Trinajstić information content (AvgIpc) is 2.64. The van der Waals surface area contributed by atoms with Crippen molar-refractivity contribution >= 4 is 23.8 Å². The molecule has 20 heavy (non-hydrogen) atoms. The molecule has 7 heteroatoms. The van der Waals surface area contributed by atoms with Crippen molar-refractivity contribution < 1.29 is 19.8 Å². The summed E-state index contributed by atoms with van der Waals surface area (Å²) >= 11 is 1.49. The fraction of sp³-hybridized carbons (Fsp3) is 0.846. The van der Waals surface area contributed by atoms with Gasteiger partial charge in [0.05, 0.1) is 11.0 Å². The Balaban J connectivity index is 2.08. The third-order valence-corrected chi connectivity index (χ3v) is 5.28. The second-order valence-electron chi connectivity index (χ2n) is 5.81. The maximum absolute atomic E-state index is 12.6. The van der Waals surface area contributed by atoms with Crippen molar-refractivity contribution in [3.8, 4) is 0 Å². The summed E-state index contributed by atoms with van der Waals surface area (Å²) in [5, 5.41) is 19.2. The summed E-state index contributed by atoms with van der Waals surface area (Å²) in [5.41, 5.74) is -0.730. The number of amides is 2. The highest BCUT2D eigenvalue weighted by atomic mass is 32.2. The third-order valence-electron chi connectivity index (χ3n) is 4.06. The van der Waals surface area contributed by atoms with E-state index in [1.807, 2.05) is 6.92 Å². The maximum Gasteiger partial charge on any atom is 0.327 e. The molecule has 2 aliphatic heterocycles. The number of rotatable bonds is 1. The van der Waals surface area contributed by atoms with E-state index in [-0.39, 0.29) is 11.4 Å². The van der Waals surface area contributed by atoms with Crippen molar-refractivity contribution in [2.75, 3.05) is 18.8 Å². The molecule has 2 N–H and O–H groups in total. The lowest BCUT2D eigenvalue weighted by atomic mass is 9.98. The van der Waals surface area contributed by atoms with Crippen molar-refractivity contribution in [2.24, 2.45) is 0 Å².